The Bertz CT molecular complexity index is 2010. The van der Waals surface area contributed by atoms with Gasteiger partial charge in [-0.05, 0) is 80.5 Å². The topological polar surface area (TPSA) is 121 Å². The summed E-state index contributed by atoms with van der Waals surface area (Å²) < 4.78 is 15.2. The van der Waals surface area contributed by atoms with Gasteiger partial charge in [0.2, 0.25) is 0 Å². The predicted octanol–water partition coefficient (Wildman–Crippen LogP) is 4.68. The summed E-state index contributed by atoms with van der Waals surface area (Å²) in [6.45, 7) is 14.4. The van der Waals surface area contributed by atoms with Gasteiger partial charge in [-0.3, -0.25) is 29.4 Å². The Labute approximate surface area is 324 Å². The van der Waals surface area contributed by atoms with E-state index in [2.05, 4.69) is 82.0 Å². The minimum Gasteiger partial charge on any atom is -0.464 e. The summed E-state index contributed by atoms with van der Waals surface area (Å²) in [6.07, 6.45) is 10.1. The zero-order valence-electron chi connectivity index (χ0n) is 33.1. The molecule has 2 aromatic heterocycles. The number of amides is 1. The molecule has 12 heteroatoms. The number of hydrazine groups is 1. The molecule has 12 nitrogen and oxygen atoms in total. The molecule has 55 heavy (non-hydrogen) atoms. The van der Waals surface area contributed by atoms with E-state index in [9.17, 15) is 9.59 Å². The second kappa shape index (κ2) is 14.6. The molecular formula is C43H58N8O4. The van der Waals surface area contributed by atoms with E-state index >= 15 is 0 Å². The summed E-state index contributed by atoms with van der Waals surface area (Å²) in [5, 5.41) is 2.74. The van der Waals surface area contributed by atoms with Gasteiger partial charge in [0.15, 0.2) is 0 Å². The van der Waals surface area contributed by atoms with E-state index in [1.54, 1.807) is 12.1 Å². The molecule has 0 saturated carbocycles. The van der Waals surface area contributed by atoms with Crippen LogP contribution >= 0.6 is 0 Å². The molecule has 6 bridgehead atoms. The minimum absolute atomic E-state index is 0.173. The van der Waals surface area contributed by atoms with Gasteiger partial charge in [0, 0.05) is 93.3 Å². The first-order valence-corrected chi connectivity index (χ1v) is 20.7. The number of piperazine rings is 1. The van der Waals surface area contributed by atoms with Crippen molar-refractivity contribution < 1.29 is 19.1 Å². The van der Waals surface area contributed by atoms with E-state index in [-0.39, 0.29) is 30.5 Å². The number of benzene rings is 1. The second-order valence-corrected chi connectivity index (χ2v) is 17.4. The van der Waals surface area contributed by atoms with Crippen LogP contribution in [0.1, 0.15) is 88.1 Å². The molecule has 6 atom stereocenters. The van der Waals surface area contributed by atoms with Crippen LogP contribution in [0.15, 0.2) is 36.5 Å². The molecule has 3 saturated heterocycles. The lowest BCUT2D eigenvalue weighted by atomic mass is 9.67. The highest BCUT2D eigenvalue weighted by Gasteiger charge is 2.48. The SMILES string of the molecule is CCn1c2c3c4cc(ccc41)C1=CCCN(C1)C[C@H](N)C(=O)N1CCC[C@H](N1)C(=O)OCC(C)(C)C3[C@H](OC)c1ncc(N3CCN4CCCC[C@@H]4C3)cc1-2. The molecule has 3 fully saturated rings. The number of carbonyl (C=O) groups is 2. The average Bonchev–Trinajstić information content (AvgIpc) is 3.54. The molecule has 3 aromatic rings. The minimum atomic E-state index is -0.704. The van der Waals surface area contributed by atoms with E-state index < -0.39 is 17.5 Å². The van der Waals surface area contributed by atoms with Crippen molar-refractivity contribution in [3.63, 3.8) is 0 Å². The van der Waals surface area contributed by atoms with Gasteiger partial charge in [0.1, 0.15) is 12.1 Å². The van der Waals surface area contributed by atoms with Crippen molar-refractivity contribution in [3.05, 3.63) is 53.4 Å². The number of cyclic esters (lactones) is 1. The monoisotopic (exact) mass is 750 g/mol. The third-order valence-corrected chi connectivity index (χ3v) is 13.5. The van der Waals surface area contributed by atoms with Crippen LogP contribution in [-0.4, -0.2) is 120 Å². The lowest BCUT2D eigenvalue weighted by molar-refractivity contribution is -0.156. The molecule has 9 rings (SSSR count). The maximum atomic E-state index is 13.8. The standard InChI is InChI=1S/C43H58N8O4/c1-5-50-35-14-13-27-20-31(35)36-37(40(54-4)38-32(39(36)50)21-30(22-45-38)49-19-18-48-16-7-6-11-29(48)24-49)43(2,3)26-55-42(53)34-12-9-17-51(46-34)41(52)33(44)25-47-15-8-10-28(27)23-47/h10,13-14,20-22,29,33-34,37,40,46H,5-9,11-12,15-19,23-26,44H2,1-4H3/t29-,33+,34+,37?,40+/m1/s1. The van der Waals surface area contributed by atoms with E-state index in [1.807, 2.05) is 0 Å². The van der Waals surface area contributed by atoms with Crippen molar-refractivity contribution >= 4 is 34.0 Å². The van der Waals surface area contributed by atoms with Gasteiger partial charge >= 0.3 is 5.97 Å². The molecule has 6 aliphatic rings. The highest BCUT2D eigenvalue weighted by Crippen LogP contribution is 2.57. The van der Waals surface area contributed by atoms with Crippen LogP contribution in [0.25, 0.3) is 27.7 Å². The number of hydrogen-bond donors (Lipinski definition) is 2. The molecule has 294 valence electrons. The third-order valence-electron chi connectivity index (χ3n) is 13.5. The number of nitrogens with one attached hydrogen (secondary N) is 1. The van der Waals surface area contributed by atoms with E-state index in [1.165, 1.54) is 64.8 Å². The van der Waals surface area contributed by atoms with Gasteiger partial charge in [0.25, 0.3) is 5.91 Å². The Hall–Kier alpha value is -3.81. The molecule has 5 aliphatic heterocycles. The average molecular weight is 751 g/mol. The largest absolute Gasteiger partial charge is 0.464 e. The summed E-state index contributed by atoms with van der Waals surface area (Å²) in [6, 6.07) is 8.56. The highest BCUT2D eigenvalue weighted by atomic mass is 16.5. The molecule has 1 aromatic carbocycles. The number of anilines is 1. The summed E-state index contributed by atoms with van der Waals surface area (Å²) in [5.74, 6) is -0.713. The summed E-state index contributed by atoms with van der Waals surface area (Å²) in [4.78, 5) is 40.2. The Morgan fingerprint density at radius 2 is 1.91 bits per heavy atom. The van der Waals surface area contributed by atoms with Crippen LogP contribution in [0.2, 0.25) is 0 Å². The Morgan fingerprint density at radius 3 is 2.75 bits per heavy atom. The first kappa shape index (κ1) is 36.8. The predicted molar refractivity (Wildman–Crippen MR) is 214 cm³/mol. The summed E-state index contributed by atoms with van der Waals surface area (Å²) in [7, 11) is 1.79. The number of esters is 1. The molecule has 1 amide bonds. The van der Waals surface area contributed by atoms with Gasteiger partial charge in [-0.1, -0.05) is 32.4 Å². The smallest absolute Gasteiger partial charge is 0.324 e. The van der Waals surface area contributed by atoms with Gasteiger partial charge < -0.3 is 24.7 Å². The number of hydrogen-bond acceptors (Lipinski definition) is 10. The van der Waals surface area contributed by atoms with Gasteiger partial charge in [-0.25, -0.2) is 5.43 Å². The van der Waals surface area contributed by atoms with Gasteiger partial charge in [-0.2, -0.15) is 0 Å². The number of carbonyl (C=O) groups excluding carboxylic acids is 2. The Balaban J connectivity index is 1.19. The molecule has 1 aliphatic carbocycles. The number of nitrogens with two attached hydrogens (primary N) is 1. The molecular weight excluding hydrogens is 693 g/mol. The fourth-order valence-electron chi connectivity index (χ4n) is 10.6. The fraction of sp³-hybridized carbons (Fsp3) is 0.605. The number of nitrogens with zero attached hydrogens (tertiary/aromatic N) is 6. The lowest BCUT2D eigenvalue weighted by Crippen LogP contribution is -2.60. The van der Waals surface area contributed by atoms with Crippen LogP contribution in [0, 0.1) is 5.41 Å². The van der Waals surface area contributed by atoms with Gasteiger partial charge in [-0.15, -0.1) is 0 Å². The Kier molecular flexibility index (Phi) is 9.77. The van der Waals surface area contributed by atoms with E-state index in [0.717, 1.165) is 50.4 Å². The Morgan fingerprint density at radius 1 is 1.04 bits per heavy atom. The molecule has 2 unspecified atom stereocenters. The third kappa shape index (κ3) is 6.47. The zero-order valence-corrected chi connectivity index (χ0v) is 33.1. The molecule has 3 N–H and O–H groups in total. The number of pyridine rings is 1. The van der Waals surface area contributed by atoms with Crippen molar-refractivity contribution in [2.24, 2.45) is 11.1 Å². The molecule has 7 heterocycles. The maximum absolute atomic E-state index is 13.8. The van der Waals surface area contributed by atoms with Crippen LogP contribution < -0.4 is 16.1 Å². The molecule has 0 radical (unpaired) electrons. The van der Waals surface area contributed by atoms with Crippen molar-refractivity contribution in [1.29, 1.82) is 0 Å². The maximum Gasteiger partial charge on any atom is 0.324 e. The van der Waals surface area contributed by atoms with Crippen molar-refractivity contribution in [2.75, 3.05) is 71.0 Å². The number of fused-ring (bicyclic) bond motifs is 9. The van der Waals surface area contributed by atoms with Crippen molar-refractivity contribution in [2.45, 2.75) is 96.0 Å². The zero-order chi connectivity index (χ0) is 38.0. The van der Waals surface area contributed by atoms with Crippen LogP contribution in [0.4, 0.5) is 5.69 Å². The van der Waals surface area contributed by atoms with E-state index in [4.69, 9.17) is 20.2 Å². The number of rotatable bonds is 3. The lowest BCUT2D eigenvalue weighted by Gasteiger charge is -2.45. The normalized spacial score (nSPS) is 29.9. The van der Waals surface area contributed by atoms with Gasteiger partial charge in [0.05, 0.1) is 35.9 Å². The van der Waals surface area contributed by atoms with E-state index in [0.29, 0.717) is 38.5 Å². The fourth-order valence-corrected chi connectivity index (χ4v) is 10.6. The quantitative estimate of drug-likeness (QED) is 0.366. The van der Waals surface area contributed by atoms with Crippen LogP contribution in [-0.2, 0) is 25.6 Å². The second-order valence-electron chi connectivity index (χ2n) is 17.4. The number of ether oxygens (including phenoxy) is 2. The van der Waals surface area contributed by atoms with Crippen LogP contribution in [0.5, 0.6) is 0 Å². The summed E-state index contributed by atoms with van der Waals surface area (Å²) in [5.41, 5.74) is 18.5. The number of piperidine rings is 1. The van der Waals surface area contributed by atoms with Crippen LogP contribution in [0.3, 0.4) is 0 Å². The summed E-state index contributed by atoms with van der Waals surface area (Å²) >= 11 is 0. The number of aromatic nitrogens is 2. The first-order chi connectivity index (χ1) is 26.6. The van der Waals surface area contributed by atoms with Crippen molar-refractivity contribution in [1.82, 2.24) is 29.8 Å². The first-order valence-electron chi connectivity index (χ1n) is 20.7. The van der Waals surface area contributed by atoms with Crippen molar-refractivity contribution in [3.8, 4) is 11.3 Å². The number of methoxy groups -OCH3 is 1. The molecule has 0 spiro atoms. The number of aryl methyl sites for hydroxylation is 1. The highest BCUT2D eigenvalue weighted by molar-refractivity contribution is 5.97.